The van der Waals surface area contributed by atoms with Gasteiger partial charge in [-0.3, -0.25) is 0 Å². The highest BCUT2D eigenvalue weighted by atomic mass is 15.3. The number of hydrogen-bond donors (Lipinski definition) is 0. The van der Waals surface area contributed by atoms with Crippen molar-refractivity contribution in [3.8, 4) is 0 Å². The smallest absolute Gasteiger partial charge is 0.0827 e. The van der Waals surface area contributed by atoms with E-state index in [4.69, 9.17) is 0 Å². The lowest BCUT2D eigenvalue weighted by molar-refractivity contribution is -0.928. The number of benzene rings is 1. The Hall–Kier alpha value is -0.820. The molecule has 1 rings (SSSR count). The second-order valence-electron chi connectivity index (χ2n) is 7.59. The molecule has 0 bridgehead atoms. The molecular formula is C23H42N+. The van der Waals surface area contributed by atoms with E-state index < -0.39 is 0 Å². The standard InChI is InChI=1S/C23H42N/c1-4-7-13-19-24(20-14-8-5-2,21-15-9-6-3)22-18-23-16-11-10-12-17-23/h10-12,16-17H,4-9,13-15,18-22H2,1-3H3/q+1. The van der Waals surface area contributed by atoms with E-state index in [-0.39, 0.29) is 0 Å². The van der Waals surface area contributed by atoms with E-state index in [2.05, 4.69) is 51.1 Å². The van der Waals surface area contributed by atoms with Crippen LogP contribution in [-0.4, -0.2) is 30.7 Å². The van der Waals surface area contributed by atoms with Crippen LogP contribution in [0.1, 0.15) is 84.1 Å². The molecule has 1 aromatic carbocycles. The van der Waals surface area contributed by atoms with E-state index in [1.54, 1.807) is 0 Å². The molecule has 1 aromatic rings. The molecular weight excluding hydrogens is 290 g/mol. The van der Waals surface area contributed by atoms with Gasteiger partial charge >= 0.3 is 0 Å². The Morgan fingerprint density at radius 2 is 1.04 bits per heavy atom. The van der Waals surface area contributed by atoms with Crippen molar-refractivity contribution < 1.29 is 4.48 Å². The van der Waals surface area contributed by atoms with Gasteiger partial charge in [0.05, 0.1) is 26.2 Å². The molecule has 0 saturated heterocycles. The summed E-state index contributed by atoms with van der Waals surface area (Å²) in [6, 6.07) is 11.1. The van der Waals surface area contributed by atoms with Gasteiger partial charge in [0.25, 0.3) is 0 Å². The lowest BCUT2D eigenvalue weighted by atomic mass is 10.1. The predicted octanol–water partition coefficient (Wildman–Crippen LogP) is 6.62. The van der Waals surface area contributed by atoms with Gasteiger partial charge in [0.2, 0.25) is 0 Å². The Kier molecular flexibility index (Phi) is 11.9. The minimum absolute atomic E-state index is 1.24. The van der Waals surface area contributed by atoms with Gasteiger partial charge < -0.3 is 4.48 Å². The van der Waals surface area contributed by atoms with Gasteiger partial charge in [-0.15, -0.1) is 0 Å². The SMILES string of the molecule is CCCCC[N+](CCCCC)(CCCCC)CCc1ccccc1. The summed E-state index contributed by atoms with van der Waals surface area (Å²) in [6.45, 7) is 12.5. The average Bonchev–Trinajstić information content (AvgIpc) is 2.61. The van der Waals surface area contributed by atoms with Crippen molar-refractivity contribution >= 4 is 0 Å². The molecule has 1 nitrogen and oxygen atoms in total. The maximum absolute atomic E-state index is 2.33. The molecule has 0 unspecified atom stereocenters. The van der Waals surface area contributed by atoms with Crippen LogP contribution in [0.15, 0.2) is 30.3 Å². The van der Waals surface area contributed by atoms with Crippen molar-refractivity contribution in [1.29, 1.82) is 0 Å². The monoisotopic (exact) mass is 332 g/mol. The molecule has 0 heterocycles. The van der Waals surface area contributed by atoms with Gasteiger partial charge in [0, 0.05) is 6.42 Å². The van der Waals surface area contributed by atoms with Crippen LogP contribution < -0.4 is 0 Å². The minimum Gasteiger partial charge on any atom is -0.323 e. The van der Waals surface area contributed by atoms with Crippen molar-refractivity contribution in [2.45, 2.75) is 85.0 Å². The summed E-state index contributed by atoms with van der Waals surface area (Å²) in [6.07, 6.45) is 13.7. The number of quaternary nitrogens is 1. The summed E-state index contributed by atoms with van der Waals surface area (Å²) < 4.78 is 1.37. The Morgan fingerprint density at radius 1 is 0.583 bits per heavy atom. The van der Waals surface area contributed by atoms with Gasteiger partial charge in [-0.05, 0) is 44.1 Å². The third-order valence-corrected chi connectivity index (χ3v) is 5.43. The molecule has 0 saturated carbocycles. The van der Waals surface area contributed by atoms with Crippen molar-refractivity contribution in [1.82, 2.24) is 0 Å². The van der Waals surface area contributed by atoms with Crippen LogP contribution in [0.2, 0.25) is 0 Å². The van der Waals surface area contributed by atoms with Crippen LogP contribution in [0, 0.1) is 0 Å². The van der Waals surface area contributed by atoms with E-state index in [0.29, 0.717) is 0 Å². The highest BCUT2D eigenvalue weighted by Crippen LogP contribution is 2.18. The second-order valence-corrected chi connectivity index (χ2v) is 7.59. The van der Waals surface area contributed by atoms with E-state index in [1.165, 1.54) is 100 Å². The summed E-state index contributed by atoms with van der Waals surface area (Å²) in [5.74, 6) is 0. The third kappa shape index (κ3) is 8.87. The normalized spacial score (nSPS) is 11.8. The summed E-state index contributed by atoms with van der Waals surface area (Å²) in [5, 5.41) is 0. The maximum Gasteiger partial charge on any atom is 0.0827 e. The zero-order valence-corrected chi connectivity index (χ0v) is 16.7. The summed E-state index contributed by atoms with van der Waals surface area (Å²) in [4.78, 5) is 0. The number of hydrogen-bond acceptors (Lipinski definition) is 0. The van der Waals surface area contributed by atoms with Gasteiger partial charge in [-0.2, -0.15) is 0 Å². The van der Waals surface area contributed by atoms with E-state index in [0.717, 1.165) is 0 Å². The van der Waals surface area contributed by atoms with Crippen LogP contribution >= 0.6 is 0 Å². The maximum atomic E-state index is 2.33. The van der Waals surface area contributed by atoms with E-state index in [1.807, 2.05) is 0 Å². The van der Waals surface area contributed by atoms with Crippen molar-refractivity contribution in [2.75, 3.05) is 26.2 Å². The van der Waals surface area contributed by atoms with Gasteiger partial charge in [0.15, 0.2) is 0 Å². The average molecular weight is 333 g/mol. The van der Waals surface area contributed by atoms with Gasteiger partial charge in [-0.25, -0.2) is 0 Å². The zero-order valence-electron chi connectivity index (χ0n) is 16.7. The largest absolute Gasteiger partial charge is 0.323 e. The molecule has 0 aliphatic heterocycles. The molecule has 0 radical (unpaired) electrons. The highest BCUT2D eigenvalue weighted by molar-refractivity contribution is 5.14. The summed E-state index contributed by atoms with van der Waals surface area (Å²) in [5.41, 5.74) is 1.52. The van der Waals surface area contributed by atoms with Gasteiger partial charge in [-0.1, -0.05) is 70.4 Å². The first-order valence-corrected chi connectivity index (χ1v) is 10.7. The second kappa shape index (κ2) is 13.5. The first kappa shape index (κ1) is 21.2. The fourth-order valence-corrected chi connectivity index (χ4v) is 3.77. The third-order valence-electron chi connectivity index (χ3n) is 5.43. The zero-order chi connectivity index (χ0) is 17.5. The van der Waals surface area contributed by atoms with Gasteiger partial charge in [0.1, 0.15) is 0 Å². The summed E-state index contributed by atoms with van der Waals surface area (Å²) >= 11 is 0. The van der Waals surface area contributed by atoms with Crippen molar-refractivity contribution in [2.24, 2.45) is 0 Å². The van der Waals surface area contributed by atoms with E-state index >= 15 is 0 Å². The molecule has 0 N–H and O–H groups in total. The molecule has 24 heavy (non-hydrogen) atoms. The number of rotatable bonds is 15. The molecule has 0 spiro atoms. The molecule has 0 aliphatic carbocycles. The Morgan fingerprint density at radius 3 is 1.46 bits per heavy atom. The lowest BCUT2D eigenvalue weighted by Crippen LogP contribution is -2.51. The van der Waals surface area contributed by atoms with Crippen LogP contribution in [0.4, 0.5) is 0 Å². The Bertz CT molecular complexity index is 358. The van der Waals surface area contributed by atoms with Crippen molar-refractivity contribution in [3.05, 3.63) is 35.9 Å². The molecule has 0 aliphatic rings. The predicted molar refractivity (Wildman–Crippen MR) is 108 cm³/mol. The molecule has 0 aromatic heterocycles. The first-order chi connectivity index (χ1) is 11.8. The fourth-order valence-electron chi connectivity index (χ4n) is 3.77. The minimum atomic E-state index is 1.24. The quantitative estimate of drug-likeness (QED) is 0.250. The number of unbranched alkanes of at least 4 members (excludes halogenated alkanes) is 6. The molecule has 138 valence electrons. The Balaban J connectivity index is 2.71. The number of nitrogens with zero attached hydrogens (tertiary/aromatic N) is 1. The molecule has 0 amide bonds. The highest BCUT2D eigenvalue weighted by Gasteiger charge is 2.25. The molecule has 0 fully saturated rings. The molecule has 1 heteroatoms. The van der Waals surface area contributed by atoms with Crippen LogP contribution in [-0.2, 0) is 6.42 Å². The lowest BCUT2D eigenvalue weighted by Gasteiger charge is -2.39. The fraction of sp³-hybridized carbons (Fsp3) is 0.739. The topological polar surface area (TPSA) is 0 Å². The van der Waals surface area contributed by atoms with Crippen LogP contribution in [0.3, 0.4) is 0 Å². The first-order valence-electron chi connectivity index (χ1n) is 10.7. The summed E-state index contributed by atoms with van der Waals surface area (Å²) in [7, 11) is 0. The van der Waals surface area contributed by atoms with Crippen LogP contribution in [0.5, 0.6) is 0 Å². The van der Waals surface area contributed by atoms with Crippen LogP contribution in [0.25, 0.3) is 0 Å². The van der Waals surface area contributed by atoms with E-state index in [9.17, 15) is 0 Å². The molecule has 0 atom stereocenters. The van der Waals surface area contributed by atoms with Crippen molar-refractivity contribution in [3.63, 3.8) is 0 Å². The Labute approximate surface area is 152 Å².